The molecule has 0 fully saturated rings. The lowest BCUT2D eigenvalue weighted by atomic mass is 10.0. The monoisotopic (exact) mass is 307 g/mol. The quantitative estimate of drug-likeness (QED) is 0.861. The Bertz CT molecular complexity index is 603. The predicted octanol–water partition coefficient (Wildman–Crippen LogP) is 4.34. The van der Waals surface area contributed by atoms with Gasteiger partial charge in [-0.05, 0) is 30.5 Å². The van der Waals surface area contributed by atoms with Crippen molar-refractivity contribution in [2.24, 2.45) is 5.73 Å². The fourth-order valence-electron chi connectivity index (χ4n) is 2.07. The van der Waals surface area contributed by atoms with Crippen LogP contribution in [0.2, 0.25) is 5.02 Å². The molecule has 21 heavy (non-hydrogen) atoms. The summed E-state index contributed by atoms with van der Waals surface area (Å²) in [4.78, 5) is 0. The van der Waals surface area contributed by atoms with Gasteiger partial charge >= 0.3 is 0 Å². The van der Waals surface area contributed by atoms with Crippen LogP contribution < -0.4 is 10.5 Å². The summed E-state index contributed by atoms with van der Waals surface area (Å²) in [5, 5.41) is 0.521. The van der Waals surface area contributed by atoms with Gasteiger partial charge in [-0.15, -0.1) is 0 Å². The Kier molecular flexibility index (Phi) is 5.59. The molecule has 0 aliphatic heterocycles. The molecular weight excluding hydrogens is 289 g/mol. The second-order valence-corrected chi connectivity index (χ2v) is 5.39. The SMILES string of the molecule is CCC(N)Cc1cccc(Cl)c1OCc1ccccc1F. The number of benzene rings is 2. The maximum Gasteiger partial charge on any atom is 0.141 e. The van der Waals surface area contributed by atoms with Crippen molar-refractivity contribution in [1.82, 2.24) is 0 Å². The first kappa shape index (κ1) is 15.8. The summed E-state index contributed by atoms with van der Waals surface area (Å²) in [5.41, 5.74) is 7.45. The molecular formula is C17H19ClFNO. The number of nitrogens with two attached hydrogens (primary N) is 1. The fraction of sp³-hybridized carbons (Fsp3) is 0.294. The van der Waals surface area contributed by atoms with E-state index in [4.69, 9.17) is 22.1 Å². The van der Waals surface area contributed by atoms with Crippen molar-refractivity contribution in [3.8, 4) is 5.75 Å². The van der Waals surface area contributed by atoms with Gasteiger partial charge in [-0.2, -0.15) is 0 Å². The molecule has 0 radical (unpaired) electrons. The first-order valence-electron chi connectivity index (χ1n) is 7.01. The van der Waals surface area contributed by atoms with Gasteiger partial charge in [-0.3, -0.25) is 0 Å². The number of halogens is 2. The lowest BCUT2D eigenvalue weighted by Gasteiger charge is -2.16. The summed E-state index contributed by atoms with van der Waals surface area (Å²) in [6, 6.07) is 12.2. The molecule has 0 aliphatic rings. The van der Waals surface area contributed by atoms with Crippen LogP contribution in [0.3, 0.4) is 0 Å². The number of para-hydroxylation sites is 1. The third-order valence-electron chi connectivity index (χ3n) is 3.38. The second kappa shape index (κ2) is 7.43. The van der Waals surface area contributed by atoms with Crippen LogP contribution in [0.25, 0.3) is 0 Å². The summed E-state index contributed by atoms with van der Waals surface area (Å²) in [7, 11) is 0. The molecule has 2 nitrogen and oxygen atoms in total. The van der Waals surface area contributed by atoms with E-state index in [1.54, 1.807) is 24.3 Å². The van der Waals surface area contributed by atoms with Crippen molar-refractivity contribution in [2.75, 3.05) is 0 Å². The zero-order chi connectivity index (χ0) is 15.2. The first-order chi connectivity index (χ1) is 10.1. The molecule has 1 atom stereocenters. The molecule has 0 amide bonds. The molecule has 0 aliphatic carbocycles. The molecule has 2 rings (SSSR count). The van der Waals surface area contributed by atoms with Crippen molar-refractivity contribution in [3.05, 3.63) is 64.4 Å². The average molecular weight is 308 g/mol. The van der Waals surface area contributed by atoms with Crippen molar-refractivity contribution >= 4 is 11.6 Å². The lowest BCUT2D eigenvalue weighted by molar-refractivity contribution is 0.296. The van der Waals surface area contributed by atoms with Gasteiger partial charge in [0.2, 0.25) is 0 Å². The van der Waals surface area contributed by atoms with Crippen LogP contribution in [-0.2, 0) is 13.0 Å². The van der Waals surface area contributed by atoms with Crippen LogP contribution >= 0.6 is 11.6 Å². The van der Waals surface area contributed by atoms with Crippen molar-refractivity contribution in [3.63, 3.8) is 0 Å². The zero-order valence-electron chi connectivity index (χ0n) is 12.0. The van der Waals surface area contributed by atoms with Crippen LogP contribution in [0.5, 0.6) is 5.75 Å². The van der Waals surface area contributed by atoms with E-state index in [9.17, 15) is 4.39 Å². The first-order valence-corrected chi connectivity index (χ1v) is 7.38. The zero-order valence-corrected chi connectivity index (χ0v) is 12.7. The van der Waals surface area contributed by atoms with Gasteiger partial charge < -0.3 is 10.5 Å². The molecule has 0 spiro atoms. The summed E-state index contributed by atoms with van der Waals surface area (Å²) in [6.07, 6.45) is 1.56. The Labute approximate surface area is 129 Å². The van der Waals surface area contributed by atoms with Crippen LogP contribution in [0.15, 0.2) is 42.5 Å². The predicted molar refractivity (Wildman–Crippen MR) is 84.2 cm³/mol. The number of hydrogen-bond acceptors (Lipinski definition) is 2. The molecule has 4 heteroatoms. The van der Waals surface area contributed by atoms with Gasteiger partial charge in [0.15, 0.2) is 0 Å². The molecule has 2 aromatic rings. The number of rotatable bonds is 6. The lowest BCUT2D eigenvalue weighted by Crippen LogP contribution is -2.21. The maximum atomic E-state index is 13.6. The van der Waals surface area contributed by atoms with Gasteiger partial charge in [0.25, 0.3) is 0 Å². The highest BCUT2D eigenvalue weighted by molar-refractivity contribution is 6.32. The Balaban J connectivity index is 2.17. The molecule has 0 saturated heterocycles. The van der Waals surface area contributed by atoms with E-state index in [1.807, 2.05) is 19.1 Å². The second-order valence-electron chi connectivity index (χ2n) is 4.98. The minimum atomic E-state index is -0.281. The van der Waals surface area contributed by atoms with Gasteiger partial charge in [0.1, 0.15) is 18.2 Å². The highest BCUT2D eigenvalue weighted by Crippen LogP contribution is 2.30. The van der Waals surface area contributed by atoms with Crippen molar-refractivity contribution in [1.29, 1.82) is 0 Å². The largest absolute Gasteiger partial charge is 0.487 e. The molecule has 0 heterocycles. The number of ether oxygens (including phenoxy) is 1. The molecule has 1 unspecified atom stereocenters. The third-order valence-corrected chi connectivity index (χ3v) is 3.68. The van der Waals surface area contributed by atoms with Gasteiger partial charge in [-0.25, -0.2) is 4.39 Å². The Morgan fingerprint density at radius 3 is 2.57 bits per heavy atom. The Morgan fingerprint density at radius 1 is 1.14 bits per heavy atom. The standard InChI is InChI=1S/C17H19ClFNO/c1-2-14(20)10-12-7-5-8-15(18)17(12)21-11-13-6-3-4-9-16(13)19/h3-9,14H,2,10-11,20H2,1H3. The molecule has 2 N–H and O–H groups in total. The highest BCUT2D eigenvalue weighted by Gasteiger charge is 2.12. The molecule has 112 valence electrons. The fourth-order valence-corrected chi connectivity index (χ4v) is 2.32. The minimum Gasteiger partial charge on any atom is -0.487 e. The molecule has 2 aromatic carbocycles. The van der Waals surface area contributed by atoms with Gasteiger partial charge in [0, 0.05) is 11.6 Å². The Hall–Kier alpha value is -1.58. The third kappa shape index (κ3) is 4.19. The maximum absolute atomic E-state index is 13.6. The molecule has 0 saturated carbocycles. The van der Waals surface area contributed by atoms with Crippen LogP contribution in [-0.4, -0.2) is 6.04 Å². The van der Waals surface area contributed by atoms with Crippen LogP contribution in [0, 0.1) is 5.82 Å². The Morgan fingerprint density at radius 2 is 1.86 bits per heavy atom. The summed E-state index contributed by atoms with van der Waals surface area (Å²) >= 11 is 6.20. The average Bonchev–Trinajstić information content (AvgIpc) is 2.48. The van der Waals surface area contributed by atoms with Crippen molar-refractivity contribution in [2.45, 2.75) is 32.4 Å². The van der Waals surface area contributed by atoms with E-state index in [1.165, 1.54) is 6.07 Å². The summed E-state index contributed by atoms with van der Waals surface area (Å²) in [6.45, 7) is 2.18. The summed E-state index contributed by atoms with van der Waals surface area (Å²) < 4.78 is 19.4. The topological polar surface area (TPSA) is 35.2 Å². The van der Waals surface area contributed by atoms with Crippen LogP contribution in [0.4, 0.5) is 4.39 Å². The van der Waals surface area contributed by atoms with E-state index in [0.29, 0.717) is 22.8 Å². The van der Waals surface area contributed by atoms with E-state index < -0.39 is 0 Å². The summed E-state index contributed by atoms with van der Waals surface area (Å²) in [5.74, 6) is 0.308. The van der Waals surface area contributed by atoms with Gasteiger partial charge in [-0.1, -0.05) is 48.9 Å². The molecule has 0 bridgehead atoms. The highest BCUT2D eigenvalue weighted by atomic mass is 35.5. The normalized spacial score (nSPS) is 12.2. The van der Waals surface area contributed by atoms with E-state index >= 15 is 0 Å². The van der Waals surface area contributed by atoms with E-state index in [-0.39, 0.29) is 18.5 Å². The minimum absolute atomic E-state index is 0.0549. The van der Waals surface area contributed by atoms with Crippen molar-refractivity contribution < 1.29 is 9.13 Å². The van der Waals surface area contributed by atoms with E-state index in [2.05, 4.69) is 0 Å². The van der Waals surface area contributed by atoms with E-state index in [0.717, 1.165) is 12.0 Å². The number of hydrogen-bond donors (Lipinski definition) is 1. The molecule has 0 aromatic heterocycles. The van der Waals surface area contributed by atoms with Crippen LogP contribution in [0.1, 0.15) is 24.5 Å². The van der Waals surface area contributed by atoms with Gasteiger partial charge in [0.05, 0.1) is 5.02 Å². The smallest absolute Gasteiger partial charge is 0.141 e.